The summed E-state index contributed by atoms with van der Waals surface area (Å²) >= 11 is 1.19. The van der Waals surface area contributed by atoms with E-state index in [2.05, 4.69) is 9.59 Å². The number of nitrogens with zero attached hydrogens (tertiary/aromatic N) is 2. The molecule has 6 heteroatoms. The van der Waals surface area contributed by atoms with Crippen molar-refractivity contribution in [3.05, 3.63) is 10.6 Å². The lowest BCUT2D eigenvalue weighted by atomic mass is 10.3. The molecular weight excluding hydrogens is 184 g/mol. The maximum Gasteiger partial charge on any atom is 0.155 e. The third kappa shape index (κ3) is 1.28. The van der Waals surface area contributed by atoms with Gasteiger partial charge in [0.1, 0.15) is 0 Å². The summed E-state index contributed by atoms with van der Waals surface area (Å²) < 4.78 is 25.8. The lowest BCUT2D eigenvalue weighted by Crippen LogP contribution is -2.17. The highest BCUT2D eigenvalue weighted by atomic mass is 32.2. The average molecular weight is 190 g/mol. The quantitative estimate of drug-likeness (QED) is 0.578. The third-order valence-corrected chi connectivity index (χ3v) is 4.14. The van der Waals surface area contributed by atoms with Crippen molar-refractivity contribution in [2.45, 2.75) is 12.2 Å². The molecule has 11 heavy (non-hydrogen) atoms. The summed E-state index contributed by atoms with van der Waals surface area (Å²) in [4.78, 5) is 0.816. The number of fused-ring (bicyclic) bond motifs is 1. The van der Waals surface area contributed by atoms with Crippen LogP contribution in [0, 0.1) is 0 Å². The minimum Gasteiger partial charge on any atom is -0.228 e. The monoisotopic (exact) mass is 190 g/mol. The summed E-state index contributed by atoms with van der Waals surface area (Å²) in [5, 5.41) is 3.83. The van der Waals surface area contributed by atoms with Crippen molar-refractivity contribution in [3.8, 4) is 0 Å². The molecule has 0 aromatic carbocycles. The normalized spacial score (nSPS) is 21.1. The molecule has 0 amide bonds. The van der Waals surface area contributed by atoms with Crippen LogP contribution in [0.5, 0.6) is 0 Å². The van der Waals surface area contributed by atoms with Gasteiger partial charge in [0.15, 0.2) is 9.84 Å². The van der Waals surface area contributed by atoms with Crippen LogP contribution in [0.15, 0.2) is 0 Å². The summed E-state index contributed by atoms with van der Waals surface area (Å²) in [7, 11) is -2.84. The molecule has 4 nitrogen and oxygen atoms in total. The van der Waals surface area contributed by atoms with E-state index < -0.39 is 9.84 Å². The Bertz CT molecular complexity index is 368. The summed E-state index contributed by atoms with van der Waals surface area (Å²) in [6.07, 6.45) is 0.536. The molecule has 60 valence electrons. The molecular formula is C5H6N2O2S2. The summed E-state index contributed by atoms with van der Waals surface area (Å²) in [5.41, 5.74) is 0.866. The zero-order chi connectivity index (χ0) is 7.90. The van der Waals surface area contributed by atoms with Gasteiger partial charge in [0, 0.05) is 6.42 Å². The zero-order valence-corrected chi connectivity index (χ0v) is 7.28. The molecule has 1 aliphatic rings. The Kier molecular flexibility index (Phi) is 1.47. The molecule has 0 saturated heterocycles. The van der Waals surface area contributed by atoms with Gasteiger partial charge >= 0.3 is 0 Å². The predicted molar refractivity (Wildman–Crippen MR) is 41.1 cm³/mol. The first-order chi connectivity index (χ1) is 5.17. The van der Waals surface area contributed by atoms with Gasteiger partial charge in [-0.25, -0.2) is 8.42 Å². The molecule has 0 radical (unpaired) electrons. The van der Waals surface area contributed by atoms with Gasteiger partial charge in [-0.3, -0.25) is 0 Å². The van der Waals surface area contributed by atoms with E-state index in [1.165, 1.54) is 11.5 Å². The average Bonchev–Trinajstić information content (AvgIpc) is 2.31. The smallest absolute Gasteiger partial charge is 0.155 e. The fraction of sp³-hybridized carbons (Fsp3) is 0.600. The molecule has 0 spiro atoms. The Morgan fingerprint density at radius 2 is 2.27 bits per heavy atom. The van der Waals surface area contributed by atoms with Crippen molar-refractivity contribution in [1.29, 1.82) is 0 Å². The van der Waals surface area contributed by atoms with E-state index >= 15 is 0 Å². The molecule has 2 rings (SSSR count). The van der Waals surface area contributed by atoms with E-state index in [9.17, 15) is 8.42 Å². The van der Waals surface area contributed by atoms with E-state index in [0.29, 0.717) is 6.42 Å². The second kappa shape index (κ2) is 2.25. The van der Waals surface area contributed by atoms with Gasteiger partial charge in [0.05, 0.1) is 22.1 Å². The Labute approximate surface area is 68.3 Å². The van der Waals surface area contributed by atoms with Crippen LogP contribution in [0.3, 0.4) is 0 Å². The van der Waals surface area contributed by atoms with Gasteiger partial charge in [-0.05, 0) is 11.5 Å². The standard InChI is InChI=1S/C5H6N2O2S2/c8-11(9)2-1-4-5(3-11)10-7-6-4/h1-3H2. The molecule has 0 fully saturated rings. The van der Waals surface area contributed by atoms with Crippen LogP contribution in [0.2, 0.25) is 0 Å². The Morgan fingerprint density at radius 3 is 3.09 bits per heavy atom. The van der Waals surface area contributed by atoms with E-state index in [-0.39, 0.29) is 11.5 Å². The predicted octanol–water partition coefficient (Wildman–Crippen LogP) is 0.00900. The second-order valence-corrected chi connectivity index (χ2v) is 5.51. The Morgan fingerprint density at radius 1 is 1.45 bits per heavy atom. The number of aromatic nitrogens is 2. The van der Waals surface area contributed by atoms with Gasteiger partial charge in [0.25, 0.3) is 0 Å². The maximum atomic E-state index is 11.1. The molecule has 0 atom stereocenters. The molecule has 0 N–H and O–H groups in total. The van der Waals surface area contributed by atoms with Gasteiger partial charge in [0.2, 0.25) is 0 Å². The number of aryl methyl sites for hydroxylation is 1. The van der Waals surface area contributed by atoms with Crippen LogP contribution >= 0.6 is 11.5 Å². The maximum absolute atomic E-state index is 11.1. The SMILES string of the molecule is O=S1(=O)CCc2nnsc2C1. The van der Waals surface area contributed by atoms with Crippen LogP contribution in [-0.4, -0.2) is 23.8 Å². The number of hydrogen-bond acceptors (Lipinski definition) is 5. The topological polar surface area (TPSA) is 59.9 Å². The highest BCUT2D eigenvalue weighted by Gasteiger charge is 2.23. The van der Waals surface area contributed by atoms with E-state index in [1.54, 1.807) is 0 Å². The van der Waals surface area contributed by atoms with Crippen LogP contribution in [-0.2, 0) is 22.0 Å². The first-order valence-electron chi connectivity index (χ1n) is 3.18. The van der Waals surface area contributed by atoms with Gasteiger partial charge < -0.3 is 0 Å². The third-order valence-electron chi connectivity index (χ3n) is 1.64. The van der Waals surface area contributed by atoms with Crippen molar-refractivity contribution in [2.24, 2.45) is 0 Å². The largest absolute Gasteiger partial charge is 0.228 e. The lowest BCUT2D eigenvalue weighted by molar-refractivity contribution is 0.591. The van der Waals surface area contributed by atoms with Gasteiger partial charge in [-0.1, -0.05) is 4.49 Å². The van der Waals surface area contributed by atoms with Crippen LogP contribution < -0.4 is 0 Å². The molecule has 1 aliphatic heterocycles. The van der Waals surface area contributed by atoms with Crippen LogP contribution in [0.4, 0.5) is 0 Å². The highest BCUT2D eigenvalue weighted by Crippen LogP contribution is 2.20. The number of hydrogen-bond donors (Lipinski definition) is 0. The number of sulfone groups is 1. The molecule has 0 bridgehead atoms. The Hall–Kier alpha value is -0.490. The van der Waals surface area contributed by atoms with Gasteiger partial charge in [-0.2, -0.15) is 0 Å². The molecule has 1 aromatic heterocycles. The van der Waals surface area contributed by atoms with Crippen LogP contribution in [0.25, 0.3) is 0 Å². The summed E-state index contributed by atoms with van der Waals surface area (Å²) in [6, 6.07) is 0. The molecule has 0 aliphatic carbocycles. The van der Waals surface area contributed by atoms with Crippen molar-refractivity contribution >= 4 is 21.4 Å². The zero-order valence-electron chi connectivity index (χ0n) is 5.65. The van der Waals surface area contributed by atoms with Crippen molar-refractivity contribution < 1.29 is 8.42 Å². The summed E-state index contributed by atoms with van der Waals surface area (Å²) in [5.74, 6) is 0.366. The molecule has 2 heterocycles. The minimum absolute atomic E-state index is 0.139. The van der Waals surface area contributed by atoms with Gasteiger partial charge in [-0.15, -0.1) is 5.10 Å². The first-order valence-corrected chi connectivity index (χ1v) is 5.77. The van der Waals surface area contributed by atoms with Crippen molar-refractivity contribution in [2.75, 3.05) is 5.75 Å². The highest BCUT2D eigenvalue weighted by molar-refractivity contribution is 7.90. The lowest BCUT2D eigenvalue weighted by Gasteiger charge is -2.07. The fourth-order valence-electron chi connectivity index (χ4n) is 1.05. The van der Waals surface area contributed by atoms with E-state index in [1.807, 2.05) is 0 Å². The van der Waals surface area contributed by atoms with Crippen molar-refractivity contribution in [3.63, 3.8) is 0 Å². The molecule has 0 saturated carbocycles. The van der Waals surface area contributed by atoms with E-state index in [0.717, 1.165) is 10.6 Å². The molecule has 1 aromatic rings. The number of rotatable bonds is 0. The Balaban J connectivity index is 2.47. The van der Waals surface area contributed by atoms with Crippen LogP contribution in [0.1, 0.15) is 10.6 Å². The molecule has 0 unspecified atom stereocenters. The van der Waals surface area contributed by atoms with Crippen molar-refractivity contribution in [1.82, 2.24) is 9.59 Å². The summed E-state index contributed by atoms with van der Waals surface area (Å²) in [6.45, 7) is 0. The second-order valence-electron chi connectivity index (χ2n) is 2.48. The minimum atomic E-state index is -2.84. The first kappa shape index (κ1) is 7.17. The van der Waals surface area contributed by atoms with E-state index in [4.69, 9.17) is 0 Å². The fourth-order valence-corrected chi connectivity index (χ4v) is 3.50.